The standard InChI is InChI=1S/C18H22N4O/c23-18(15-6-3-9-19-11-15)22-17-8-2-1-5-14(17)12-21-16-7-4-10-20-13-16/h1-3,5-6,8-9,11,16,20-21H,4,7,10,12-13H2,(H,22,23)/t16-/m0/s1. The normalized spacial score (nSPS) is 17.7. The lowest BCUT2D eigenvalue weighted by Gasteiger charge is -2.24. The van der Waals surface area contributed by atoms with Gasteiger partial charge < -0.3 is 16.0 Å². The lowest BCUT2D eigenvalue weighted by Crippen LogP contribution is -2.42. The molecule has 23 heavy (non-hydrogen) atoms. The van der Waals surface area contributed by atoms with Gasteiger partial charge in [-0.05, 0) is 43.1 Å². The van der Waals surface area contributed by atoms with E-state index >= 15 is 0 Å². The van der Waals surface area contributed by atoms with Crippen molar-refractivity contribution in [2.24, 2.45) is 0 Å². The summed E-state index contributed by atoms with van der Waals surface area (Å²) in [5.41, 5.74) is 2.50. The third-order valence-electron chi connectivity index (χ3n) is 4.07. The molecule has 0 unspecified atom stereocenters. The second-order valence-corrected chi connectivity index (χ2v) is 5.78. The molecule has 2 heterocycles. The molecule has 3 rings (SSSR count). The van der Waals surface area contributed by atoms with Gasteiger partial charge in [-0.1, -0.05) is 18.2 Å². The molecule has 5 heteroatoms. The Hall–Kier alpha value is -2.24. The van der Waals surface area contributed by atoms with Gasteiger partial charge in [0.15, 0.2) is 0 Å². The summed E-state index contributed by atoms with van der Waals surface area (Å²) in [5, 5.41) is 9.95. The fourth-order valence-corrected chi connectivity index (χ4v) is 2.77. The Bertz CT molecular complexity index is 638. The van der Waals surface area contributed by atoms with Gasteiger partial charge in [0.05, 0.1) is 5.56 Å². The Morgan fingerprint density at radius 1 is 1.26 bits per heavy atom. The molecule has 1 amide bonds. The summed E-state index contributed by atoms with van der Waals surface area (Å²) in [6, 6.07) is 11.9. The number of carbonyl (C=O) groups excluding carboxylic acids is 1. The van der Waals surface area contributed by atoms with E-state index < -0.39 is 0 Å². The summed E-state index contributed by atoms with van der Waals surface area (Å²) >= 11 is 0. The third kappa shape index (κ3) is 4.37. The van der Waals surface area contributed by atoms with Crippen molar-refractivity contribution in [2.45, 2.75) is 25.4 Å². The fourth-order valence-electron chi connectivity index (χ4n) is 2.77. The summed E-state index contributed by atoms with van der Waals surface area (Å²) in [6.07, 6.45) is 5.63. The Labute approximate surface area is 136 Å². The molecule has 1 fully saturated rings. The van der Waals surface area contributed by atoms with E-state index in [1.807, 2.05) is 24.3 Å². The third-order valence-corrected chi connectivity index (χ3v) is 4.07. The van der Waals surface area contributed by atoms with Gasteiger partial charge in [-0.3, -0.25) is 9.78 Å². The second kappa shape index (κ2) is 7.85. The molecule has 1 aromatic heterocycles. The van der Waals surface area contributed by atoms with Gasteiger partial charge in [-0.25, -0.2) is 0 Å². The Balaban J connectivity index is 1.64. The van der Waals surface area contributed by atoms with Crippen molar-refractivity contribution >= 4 is 11.6 Å². The minimum atomic E-state index is -0.134. The number of aromatic nitrogens is 1. The summed E-state index contributed by atoms with van der Waals surface area (Å²) in [6.45, 7) is 2.86. The fraction of sp³-hybridized carbons (Fsp3) is 0.333. The summed E-state index contributed by atoms with van der Waals surface area (Å²) < 4.78 is 0. The highest BCUT2D eigenvalue weighted by atomic mass is 16.1. The van der Waals surface area contributed by atoms with E-state index in [1.54, 1.807) is 24.5 Å². The number of piperidine rings is 1. The van der Waals surface area contributed by atoms with E-state index in [-0.39, 0.29) is 5.91 Å². The molecule has 1 aromatic carbocycles. The van der Waals surface area contributed by atoms with Gasteiger partial charge in [0, 0.05) is 37.2 Å². The SMILES string of the molecule is O=C(Nc1ccccc1CN[C@H]1CCCNC1)c1cccnc1. The number of hydrogen-bond acceptors (Lipinski definition) is 4. The van der Waals surface area contributed by atoms with Crippen molar-refractivity contribution in [3.05, 3.63) is 59.9 Å². The molecule has 1 aliphatic rings. The van der Waals surface area contributed by atoms with Crippen LogP contribution in [0.4, 0.5) is 5.69 Å². The zero-order valence-corrected chi connectivity index (χ0v) is 13.1. The Morgan fingerprint density at radius 3 is 2.96 bits per heavy atom. The molecule has 0 bridgehead atoms. The van der Waals surface area contributed by atoms with Crippen molar-refractivity contribution in [3.63, 3.8) is 0 Å². The van der Waals surface area contributed by atoms with Crippen molar-refractivity contribution in [1.29, 1.82) is 0 Å². The van der Waals surface area contributed by atoms with E-state index in [2.05, 4.69) is 20.9 Å². The van der Waals surface area contributed by atoms with Gasteiger partial charge >= 0.3 is 0 Å². The number of benzene rings is 1. The van der Waals surface area contributed by atoms with E-state index in [0.29, 0.717) is 11.6 Å². The average Bonchev–Trinajstić information content (AvgIpc) is 2.62. The first-order valence-electron chi connectivity index (χ1n) is 8.06. The number of para-hydroxylation sites is 1. The predicted octanol–water partition coefficient (Wildman–Crippen LogP) is 2.18. The average molecular weight is 310 g/mol. The van der Waals surface area contributed by atoms with Crippen molar-refractivity contribution < 1.29 is 4.79 Å². The zero-order valence-electron chi connectivity index (χ0n) is 13.1. The van der Waals surface area contributed by atoms with Crippen LogP contribution < -0.4 is 16.0 Å². The van der Waals surface area contributed by atoms with Crippen LogP contribution in [-0.4, -0.2) is 30.0 Å². The van der Waals surface area contributed by atoms with Crippen molar-refractivity contribution in [2.75, 3.05) is 18.4 Å². The molecular formula is C18H22N4O. The number of pyridine rings is 1. The van der Waals surface area contributed by atoms with Crippen LogP contribution in [0.3, 0.4) is 0 Å². The van der Waals surface area contributed by atoms with Crippen LogP contribution >= 0.6 is 0 Å². The van der Waals surface area contributed by atoms with Gasteiger partial charge in [-0.15, -0.1) is 0 Å². The molecule has 120 valence electrons. The lowest BCUT2D eigenvalue weighted by atomic mass is 10.1. The molecule has 3 N–H and O–H groups in total. The minimum Gasteiger partial charge on any atom is -0.322 e. The zero-order chi connectivity index (χ0) is 15.9. The van der Waals surface area contributed by atoms with Crippen LogP contribution in [0.15, 0.2) is 48.8 Å². The molecule has 1 atom stereocenters. The van der Waals surface area contributed by atoms with Crippen molar-refractivity contribution in [3.8, 4) is 0 Å². The Kier molecular flexibility index (Phi) is 5.34. The number of anilines is 1. The van der Waals surface area contributed by atoms with Gasteiger partial charge in [0.2, 0.25) is 0 Å². The number of carbonyl (C=O) groups is 1. The smallest absolute Gasteiger partial charge is 0.257 e. The predicted molar refractivity (Wildman–Crippen MR) is 91.4 cm³/mol. The first kappa shape index (κ1) is 15.6. The van der Waals surface area contributed by atoms with Crippen LogP contribution in [0.5, 0.6) is 0 Å². The van der Waals surface area contributed by atoms with Crippen LogP contribution in [0.25, 0.3) is 0 Å². The van der Waals surface area contributed by atoms with Gasteiger partial charge in [0.25, 0.3) is 5.91 Å². The molecule has 0 aliphatic carbocycles. The number of hydrogen-bond donors (Lipinski definition) is 3. The van der Waals surface area contributed by atoms with E-state index in [0.717, 1.165) is 30.9 Å². The maximum Gasteiger partial charge on any atom is 0.257 e. The number of rotatable bonds is 5. The lowest BCUT2D eigenvalue weighted by molar-refractivity contribution is 0.102. The molecule has 1 saturated heterocycles. The summed E-state index contributed by atoms with van der Waals surface area (Å²) in [4.78, 5) is 16.3. The minimum absolute atomic E-state index is 0.134. The molecule has 5 nitrogen and oxygen atoms in total. The van der Waals surface area contributed by atoms with Gasteiger partial charge in [-0.2, -0.15) is 0 Å². The number of nitrogens with one attached hydrogen (secondary N) is 3. The molecule has 0 spiro atoms. The topological polar surface area (TPSA) is 66.1 Å². The van der Waals surface area contributed by atoms with Gasteiger partial charge in [0.1, 0.15) is 0 Å². The highest BCUT2D eigenvalue weighted by molar-refractivity contribution is 6.04. The highest BCUT2D eigenvalue weighted by Crippen LogP contribution is 2.16. The maximum absolute atomic E-state index is 12.3. The highest BCUT2D eigenvalue weighted by Gasteiger charge is 2.13. The number of nitrogens with zero attached hydrogens (tertiary/aromatic N) is 1. The summed E-state index contributed by atoms with van der Waals surface area (Å²) in [5.74, 6) is -0.134. The van der Waals surface area contributed by atoms with Crippen molar-refractivity contribution in [1.82, 2.24) is 15.6 Å². The number of amides is 1. The van der Waals surface area contributed by atoms with E-state index in [1.165, 1.54) is 12.8 Å². The monoisotopic (exact) mass is 310 g/mol. The van der Waals surface area contributed by atoms with Crippen LogP contribution in [-0.2, 0) is 6.54 Å². The second-order valence-electron chi connectivity index (χ2n) is 5.78. The van der Waals surface area contributed by atoms with Crippen LogP contribution in [0.1, 0.15) is 28.8 Å². The Morgan fingerprint density at radius 2 is 2.17 bits per heavy atom. The molecule has 1 aliphatic heterocycles. The first-order chi connectivity index (χ1) is 11.3. The van der Waals surface area contributed by atoms with Crippen LogP contribution in [0.2, 0.25) is 0 Å². The largest absolute Gasteiger partial charge is 0.322 e. The molecule has 0 saturated carbocycles. The molecular weight excluding hydrogens is 288 g/mol. The van der Waals surface area contributed by atoms with Crippen LogP contribution in [0, 0.1) is 0 Å². The molecule has 0 radical (unpaired) electrons. The van der Waals surface area contributed by atoms with E-state index in [4.69, 9.17) is 0 Å². The first-order valence-corrected chi connectivity index (χ1v) is 8.06. The maximum atomic E-state index is 12.3. The molecule has 2 aromatic rings. The summed E-state index contributed by atoms with van der Waals surface area (Å²) in [7, 11) is 0. The van der Waals surface area contributed by atoms with E-state index in [9.17, 15) is 4.79 Å². The quantitative estimate of drug-likeness (QED) is 0.792.